The third-order valence-electron chi connectivity index (χ3n) is 6.47. The van der Waals surface area contributed by atoms with Crippen LogP contribution < -0.4 is 10.5 Å². The van der Waals surface area contributed by atoms with Crippen molar-refractivity contribution in [3.63, 3.8) is 0 Å². The third kappa shape index (κ3) is 4.27. The largest absolute Gasteiger partial charge is 0.488 e. The van der Waals surface area contributed by atoms with E-state index in [1.807, 2.05) is 0 Å². The maximum absolute atomic E-state index is 6.37. The predicted molar refractivity (Wildman–Crippen MR) is 123 cm³/mol. The van der Waals surface area contributed by atoms with Gasteiger partial charge in [0.05, 0.1) is 0 Å². The molecular weight excluding hydrogens is 391 g/mol. The highest BCUT2D eigenvalue weighted by Gasteiger charge is 2.31. The number of hydrogen-bond donors (Lipinski definition) is 1. The number of nitrogens with zero attached hydrogens (tertiary/aromatic N) is 1. The highest BCUT2D eigenvalue weighted by Crippen LogP contribution is 2.40. The van der Waals surface area contributed by atoms with Gasteiger partial charge in [0.1, 0.15) is 11.9 Å². The second kappa shape index (κ2) is 9.39. The first-order valence-corrected chi connectivity index (χ1v) is 9.86. The van der Waals surface area contributed by atoms with E-state index in [-0.39, 0.29) is 30.9 Å². The summed E-state index contributed by atoms with van der Waals surface area (Å²) < 4.78 is 6.37. The van der Waals surface area contributed by atoms with E-state index in [1.54, 1.807) is 0 Å². The minimum absolute atomic E-state index is 0. The molecule has 1 atom stereocenters. The molecule has 2 aromatic carbocycles. The van der Waals surface area contributed by atoms with E-state index in [9.17, 15) is 0 Å². The minimum atomic E-state index is 0. The Morgan fingerprint density at radius 3 is 2.25 bits per heavy atom. The van der Waals surface area contributed by atoms with Gasteiger partial charge in [0, 0.05) is 24.2 Å². The number of likely N-dealkylation sites (tertiary alicyclic amines) is 1. The lowest BCUT2D eigenvalue weighted by atomic mass is 9.89. The van der Waals surface area contributed by atoms with E-state index in [0.717, 1.165) is 37.5 Å². The number of ether oxygens (including phenoxy) is 1. The summed E-state index contributed by atoms with van der Waals surface area (Å²) in [6, 6.07) is 11.0. The molecule has 2 N–H and O–H groups in total. The van der Waals surface area contributed by atoms with Crippen molar-refractivity contribution in [1.82, 2.24) is 4.90 Å². The van der Waals surface area contributed by atoms with Crippen LogP contribution in [-0.2, 0) is 6.42 Å². The van der Waals surface area contributed by atoms with Gasteiger partial charge in [-0.3, -0.25) is 4.90 Å². The van der Waals surface area contributed by atoms with Gasteiger partial charge in [-0.1, -0.05) is 30.3 Å². The van der Waals surface area contributed by atoms with Crippen LogP contribution in [0.1, 0.15) is 46.6 Å². The van der Waals surface area contributed by atoms with Gasteiger partial charge in [0.25, 0.3) is 0 Å². The molecule has 28 heavy (non-hydrogen) atoms. The van der Waals surface area contributed by atoms with Crippen molar-refractivity contribution in [2.24, 2.45) is 0 Å². The number of hydrogen-bond acceptors (Lipinski definition) is 3. The molecule has 0 bridgehead atoms. The fourth-order valence-corrected chi connectivity index (χ4v) is 4.62. The monoisotopic (exact) mass is 422 g/mol. The normalized spacial score (nSPS) is 19.3. The van der Waals surface area contributed by atoms with Crippen LogP contribution in [0.25, 0.3) is 0 Å². The molecule has 2 aromatic rings. The first-order valence-electron chi connectivity index (χ1n) is 9.86. The number of rotatable bonds is 3. The summed E-state index contributed by atoms with van der Waals surface area (Å²) in [6.07, 6.45) is 3.74. The van der Waals surface area contributed by atoms with Crippen molar-refractivity contribution in [3.8, 4) is 5.75 Å². The average Bonchev–Trinajstić information content (AvgIpc) is 3.10. The second-order valence-electron chi connectivity index (χ2n) is 8.03. The molecule has 0 aliphatic carbocycles. The van der Waals surface area contributed by atoms with E-state index in [1.165, 1.54) is 40.7 Å². The highest BCUT2D eigenvalue weighted by molar-refractivity contribution is 5.85. The van der Waals surface area contributed by atoms with Crippen LogP contribution in [0.2, 0.25) is 0 Å². The predicted octanol–water partition coefficient (Wildman–Crippen LogP) is 5.22. The molecule has 0 spiro atoms. The SMILES string of the molecule is Cc1c(C)c2c(c(C)c1N)C[C@@H](CN1CCC(c3ccccc3)CC1)O2.Cl.Cl. The van der Waals surface area contributed by atoms with Crippen LogP contribution >= 0.6 is 24.8 Å². The smallest absolute Gasteiger partial charge is 0.126 e. The van der Waals surface area contributed by atoms with Gasteiger partial charge in [-0.25, -0.2) is 0 Å². The van der Waals surface area contributed by atoms with E-state index in [2.05, 4.69) is 56.0 Å². The number of piperidine rings is 1. The maximum atomic E-state index is 6.37. The van der Waals surface area contributed by atoms with Crippen molar-refractivity contribution in [2.45, 2.75) is 52.1 Å². The standard InChI is InChI=1S/C23H30N2O.2ClH/c1-15-16(2)23-21(17(3)22(15)24)13-20(26-23)14-25-11-9-19(10-12-25)18-7-5-4-6-8-18;;/h4-8,19-20H,9-14,24H2,1-3H3;2*1H/t20-;;/m0../s1. The molecular formula is C23H32Cl2N2O. The Kier molecular flexibility index (Phi) is 7.66. The van der Waals surface area contributed by atoms with Crippen LogP contribution in [-0.4, -0.2) is 30.6 Å². The van der Waals surface area contributed by atoms with Gasteiger partial charge in [-0.05, 0) is 74.9 Å². The molecule has 0 amide bonds. The number of nitrogen functional groups attached to an aromatic ring is 1. The Hall–Kier alpha value is -1.42. The fraction of sp³-hybridized carbons (Fsp3) is 0.478. The van der Waals surface area contributed by atoms with Gasteiger partial charge >= 0.3 is 0 Å². The summed E-state index contributed by atoms with van der Waals surface area (Å²) in [5.41, 5.74) is 13.7. The lowest BCUT2D eigenvalue weighted by Gasteiger charge is -2.33. The molecule has 4 rings (SSSR count). The second-order valence-corrected chi connectivity index (χ2v) is 8.03. The van der Waals surface area contributed by atoms with Crippen molar-refractivity contribution >= 4 is 30.5 Å². The fourth-order valence-electron chi connectivity index (χ4n) is 4.62. The van der Waals surface area contributed by atoms with Crippen molar-refractivity contribution in [3.05, 3.63) is 58.1 Å². The van der Waals surface area contributed by atoms with Crippen LogP contribution in [0.15, 0.2) is 30.3 Å². The molecule has 3 nitrogen and oxygen atoms in total. The topological polar surface area (TPSA) is 38.5 Å². The van der Waals surface area contributed by atoms with E-state index >= 15 is 0 Å². The summed E-state index contributed by atoms with van der Waals surface area (Å²) in [5.74, 6) is 1.81. The lowest BCUT2D eigenvalue weighted by Crippen LogP contribution is -2.39. The summed E-state index contributed by atoms with van der Waals surface area (Å²) in [4.78, 5) is 2.58. The number of nitrogens with two attached hydrogens (primary N) is 1. The molecule has 1 saturated heterocycles. The number of fused-ring (bicyclic) bond motifs is 1. The third-order valence-corrected chi connectivity index (χ3v) is 6.47. The van der Waals surface area contributed by atoms with Gasteiger partial charge in [0.15, 0.2) is 0 Å². The molecule has 2 aliphatic rings. The Morgan fingerprint density at radius 1 is 0.964 bits per heavy atom. The van der Waals surface area contributed by atoms with E-state index < -0.39 is 0 Å². The summed E-state index contributed by atoms with van der Waals surface area (Å²) in [7, 11) is 0. The van der Waals surface area contributed by atoms with Crippen LogP contribution in [0.3, 0.4) is 0 Å². The Labute approximate surface area is 181 Å². The molecule has 0 aromatic heterocycles. The van der Waals surface area contributed by atoms with E-state index in [4.69, 9.17) is 10.5 Å². The molecule has 5 heteroatoms. The molecule has 2 heterocycles. The molecule has 1 fully saturated rings. The van der Waals surface area contributed by atoms with Crippen molar-refractivity contribution in [2.75, 3.05) is 25.4 Å². The zero-order valence-corrected chi connectivity index (χ0v) is 18.7. The molecule has 0 saturated carbocycles. The molecule has 154 valence electrons. The number of halogens is 2. The Morgan fingerprint density at radius 2 is 1.61 bits per heavy atom. The zero-order chi connectivity index (χ0) is 18.3. The van der Waals surface area contributed by atoms with E-state index in [0.29, 0.717) is 5.92 Å². The van der Waals surface area contributed by atoms with Crippen molar-refractivity contribution in [1.29, 1.82) is 0 Å². The zero-order valence-electron chi connectivity index (χ0n) is 17.0. The average molecular weight is 423 g/mol. The van der Waals surface area contributed by atoms with Gasteiger partial charge in [0.2, 0.25) is 0 Å². The summed E-state index contributed by atoms with van der Waals surface area (Å²) in [6.45, 7) is 9.72. The first kappa shape index (κ1) is 22.9. The maximum Gasteiger partial charge on any atom is 0.126 e. The lowest BCUT2D eigenvalue weighted by molar-refractivity contribution is 0.128. The Bertz CT molecular complexity index is 765. The van der Waals surface area contributed by atoms with Gasteiger partial charge in [-0.15, -0.1) is 24.8 Å². The molecule has 2 aliphatic heterocycles. The van der Waals surface area contributed by atoms with Gasteiger partial charge in [-0.2, -0.15) is 0 Å². The van der Waals surface area contributed by atoms with Crippen LogP contribution in [0.5, 0.6) is 5.75 Å². The quantitative estimate of drug-likeness (QED) is 0.688. The number of benzene rings is 2. The minimum Gasteiger partial charge on any atom is -0.488 e. The Balaban J connectivity index is 0.00000140. The molecule has 0 unspecified atom stereocenters. The highest BCUT2D eigenvalue weighted by atomic mass is 35.5. The summed E-state index contributed by atoms with van der Waals surface area (Å²) >= 11 is 0. The molecule has 0 radical (unpaired) electrons. The number of anilines is 1. The van der Waals surface area contributed by atoms with Crippen LogP contribution in [0, 0.1) is 20.8 Å². The van der Waals surface area contributed by atoms with Gasteiger partial charge < -0.3 is 10.5 Å². The summed E-state index contributed by atoms with van der Waals surface area (Å²) in [5, 5.41) is 0. The first-order chi connectivity index (χ1) is 12.5. The van der Waals surface area contributed by atoms with Crippen molar-refractivity contribution < 1.29 is 4.74 Å². The van der Waals surface area contributed by atoms with Crippen LogP contribution in [0.4, 0.5) is 5.69 Å².